The minimum Gasteiger partial charge on any atom is -0.294 e. The van der Waals surface area contributed by atoms with Crippen molar-refractivity contribution >= 4 is 23.0 Å². The van der Waals surface area contributed by atoms with Gasteiger partial charge in [-0.05, 0) is 32.9 Å². The maximum absolute atomic E-state index is 11.7. The Hall–Kier alpha value is -2.20. The zero-order valence-electron chi connectivity index (χ0n) is 12.0. The number of ketones is 1. The number of Topliss-reactive ketones (excluding diaryl/α,β-unsaturated/α-hetero) is 1. The Morgan fingerprint density at radius 3 is 2.48 bits per heavy atom. The van der Waals surface area contributed by atoms with Crippen molar-refractivity contribution in [2.24, 2.45) is 0 Å². The molecular weight excluding hydrogens is 286 g/mol. The third-order valence-electron chi connectivity index (χ3n) is 3.51. The van der Waals surface area contributed by atoms with Crippen LogP contribution in [0.1, 0.15) is 28.7 Å². The monoisotopic (exact) mass is 299 g/mol. The fourth-order valence-corrected chi connectivity index (χ4v) is 2.69. The molecule has 0 radical (unpaired) electrons. The lowest BCUT2D eigenvalue weighted by Crippen LogP contribution is -2.08. The minimum atomic E-state index is 0.00272. The molecule has 5 heteroatoms. The number of hydrogen-bond acceptors (Lipinski definition) is 3. The van der Waals surface area contributed by atoms with E-state index in [-0.39, 0.29) is 5.78 Å². The van der Waals surface area contributed by atoms with Crippen LogP contribution in [0.15, 0.2) is 30.3 Å². The van der Waals surface area contributed by atoms with Crippen LogP contribution in [-0.2, 0) is 0 Å². The summed E-state index contributed by atoms with van der Waals surface area (Å²) < 4.78 is 1.72. The van der Waals surface area contributed by atoms with E-state index in [9.17, 15) is 4.79 Å². The van der Waals surface area contributed by atoms with Crippen molar-refractivity contribution in [2.45, 2.75) is 20.8 Å². The number of halogens is 1. The van der Waals surface area contributed by atoms with Crippen LogP contribution < -0.4 is 0 Å². The highest BCUT2D eigenvalue weighted by Crippen LogP contribution is 2.23. The molecule has 4 nitrogen and oxygen atoms in total. The number of fused-ring (bicyclic) bond motifs is 1. The first-order valence-electron chi connectivity index (χ1n) is 6.61. The second kappa shape index (κ2) is 4.97. The van der Waals surface area contributed by atoms with Gasteiger partial charge >= 0.3 is 0 Å². The van der Waals surface area contributed by atoms with E-state index in [0.29, 0.717) is 10.6 Å². The number of benzene rings is 1. The maximum Gasteiger partial charge on any atom is 0.163 e. The van der Waals surface area contributed by atoms with Gasteiger partial charge in [-0.15, -0.1) is 0 Å². The van der Waals surface area contributed by atoms with Crippen molar-refractivity contribution < 1.29 is 4.79 Å². The Morgan fingerprint density at radius 1 is 1.19 bits per heavy atom. The minimum absolute atomic E-state index is 0.00272. The third kappa shape index (κ3) is 2.32. The van der Waals surface area contributed by atoms with Crippen LogP contribution >= 0.6 is 11.6 Å². The van der Waals surface area contributed by atoms with Crippen molar-refractivity contribution in [3.8, 4) is 11.3 Å². The SMILES string of the molecule is CC(=O)c1c(C)nc2cc(-c3ccc(Cl)cc3)nn2c1C. The normalized spacial score (nSPS) is 11.0. The molecule has 0 saturated carbocycles. The number of aryl methyl sites for hydroxylation is 2. The van der Waals surface area contributed by atoms with E-state index in [1.54, 1.807) is 11.4 Å². The van der Waals surface area contributed by atoms with Gasteiger partial charge in [0.05, 0.1) is 22.6 Å². The van der Waals surface area contributed by atoms with E-state index < -0.39 is 0 Å². The Morgan fingerprint density at radius 2 is 1.86 bits per heavy atom. The largest absolute Gasteiger partial charge is 0.294 e. The Labute approximate surface area is 127 Å². The fourth-order valence-electron chi connectivity index (χ4n) is 2.56. The van der Waals surface area contributed by atoms with Crippen LogP contribution in [0.5, 0.6) is 0 Å². The van der Waals surface area contributed by atoms with Crippen molar-refractivity contribution in [3.05, 3.63) is 52.3 Å². The third-order valence-corrected chi connectivity index (χ3v) is 3.76. The van der Waals surface area contributed by atoms with Crippen molar-refractivity contribution in [1.29, 1.82) is 0 Å². The maximum atomic E-state index is 11.7. The number of aromatic nitrogens is 3. The van der Waals surface area contributed by atoms with E-state index in [4.69, 9.17) is 11.6 Å². The van der Waals surface area contributed by atoms with Gasteiger partial charge in [-0.25, -0.2) is 9.50 Å². The number of nitrogens with zero attached hydrogens (tertiary/aromatic N) is 3. The standard InChI is InChI=1S/C16H14ClN3O/c1-9-16(11(3)21)10(2)20-15(18-9)8-14(19-20)12-4-6-13(17)7-5-12/h4-8H,1-3H3. The molecule has 0 aliphatic carbocycles. The molecule has 106 valence electrons. The first-order valence-corrected chi connectivity index (χ1v) is 6.99. The molecule has 3 aromatic rings. The molecule has 0 saturated heterocycles. The molecule has 0 spiro atoms. The van der Waals surface area contributed by atoms with Gasteiger partial charge in [-0.2, -0.15) is 5.10 Å². The summed E-state index contributed by atoms with van der Waals surface area (Å²) in [4.78, 5) is 16.2. The van der Waals surface area contributed by atoms with Crippen molar-refractivity contribution in [1.82, 2.24) is 14.6 Å². The number of rotatable bonds is 2. The first-order chi connectivity index (χ1) is 9.97. The molecule has 0 unspecified atom stereocenters. The predicted octanol–water partition coefficient (Wildman–Crippen LogP) is 3.87. The molecule has 0 N–H and O–H groups in total. The number of carbonyl (C=O) groups excluding carboxylic acids is 1. The summed E-state index contributed by atoms with van der Waals surface area (Å²) in [7, 11) is 0. The van der Waals surface area contributed by atoms with Crippen molar-refractivity contribution in [3.63, 3.8) is 0 Å². The summed E-state index contributed by atoms with van der Waals surface area (Å²) in [6.07, 6.45) is 0. The highest BCUT2D eigenvalue weighted by molar-refractivity contribution is 6.30. The molecule has 2 aromatic heterocycles. The molecule has 0 amide bonds. The lowest BCUT2D eigenvalue weighted by molar-refractivity contribution is 0.101. The highest BCUT2D eigenvalue weighted by Gasteiger charge is 2.15. The average molecular weight is 300 g/mol. The van der Waals surface area contributed by atoms with Gasteiger partial charge in [0.25, 0.3) is 0 Å². The van der Waals surface area contributed by atoms with Crippen LogP contribution in [0.25, 0.3) is 16.9 Å². The molecule has 21 heavy (non-hydrogen) atoms. The molecule has 2 heterocycles. The summed E-state index contributed by atoms with van der Waals surface area (Å²) in [5.74, 6) is 0.00272. The van der Waals surface area contributed by atoms with E-state index >= 15 is 0 Å². The molecule has 3 rings (SSSR count). The van der Waals surface area contributed by atoms with Gasteiger partial charge in [0, 0.05) is 16.7 Å². The predicted molar refractivity (Wildman–Crippen MR) is 82.9 cm³/mol. The summed E-state index contributed by atoms with van der Waals surface area (Å²) >= 11 is 5.90. The number of carbonyl (C=O) groups is 1. The van der Waals surface area contributed by atoms with Gasteiger partial charge in [0.15, 0.2) is 11.4 Å². The number of hydrogen-bond donors (Lipinski definition) is 0. The summed E-state index contributed by atoms with van der Waals surface area (Å²) in [5.41, 5.74) is 4.68. The van der Waals surface area contributed by atoms with E-state index in [1.807, 2.05) is 44.2 Å². The second-order valence-corrected chi connectivity index (χ2v) is 5.46. The van der Waals surface area contributed by atoms with Crippen LogP contribution in [0.2, 0.25) is 5.02 Å². The zero-order chi connectivity index (χ0) is 15.1. The lowest BCUT2D eigenvalue weighted by atomic mass is 10.1. The molecule has 0 bridgehead atoms. The molecular formula is C16H14ClN3O. The average Bonchev–Trinajstić information content (AvgIpc) is 2.83. The molecule has 1 aromatic carbocycles. The summed E-state index contributed by atoms with van der Waals surface area (Å²) in [6, 6.07) is 9.39. The quantitative estimate of drug-likeness (QED) is 0.675. The van der Waals surface area contributed by atoms with Gasteiger partial charge < -0.3 is 0 Å². The van der Waals surface area contributed by atoms with Gasteiger partial charge in [0.1, 0.15) is 0 Å². The van der Waals surface area contributed by atoms with Crippen molar-refractivity contribution in [2.75, 3.05) is 0 Å². The topological polar surface area (TPSA) is 47.3 Å². The Balaban J connectivity index is 2.23. The van der Waals surface area contributed by atoms with E-state index in [1.165, 1.54) is 0 Å². The first kappa shape index (κ1) is 13.8. The Kier molecular flexibility index (Phi) is 3.26. The van der Waals surface area contributed by atoms with Gasteiger partial charge in [-0.1, -0.05) is 23.7 Å². The Bertz CT molecular complexity index is 850. The van der Waals surface area contributed by atoms with Gasteiger partial charge in [-0.3, -0.25) is 4.79 Å². The molecule has 0 aliphatic rings. The molecule has 0 atom stereocenters. The lowest BCUT2D eigenvalue weighted by Gasteiger charge is -2.07. The van der Waals surface area contributed by atoms with Crippen LogP contribution in [0, 0.1) is 13.8 Å². The second-order valence-electron chi connectivity index (χ2n) is 5.02. The summed E-state index contributed by atoms with van der Waals surface area (Å²) in [6.45, 7) is 5.28. The molecule has 0 aliphatic heterocycles. The summed E-state index contributed by atoms with van der Waals surface area (Å²) in [5, 5.41) is 5.24. The van der Waals surface area contributed by atoms with E-state index in [2.05, 4.69) is 10.1 Å². The fraction of sp³-hybridized carbons (Fsp3) is 0.188. The molecule has 0 fully saturated rings. The van der Waals surface area contributed by atoms with Crippen LogP contribution in [0.4, 0.5) is 0 Å². The van der Waals surface area contributed by atoms with E-state index in [0.717, 1.165) is 28.3 Å². The highest BCUT2D eigenvalue weighted by atomic mass is 35.5. The zero-order valence-corrected chi connectivity index (χ0v) is 12.8. The van der Waals surface area contributed by atoms with Gasteiger partial charge in [0.2, 0.25) is 0 Å². The smallest absolute Gasteiger partial charge is 0.163 e. The van der Waals surface area contributed by atoms with Crippen LogP contribution in [0.3, 0.4) is 0 Å². The van der Waals surface area contributed by atoms with Crippen LogP contribution in [-0.4, -0.2) is 20.4 Å².